The van der Waals surface area contributed by atoms with Crippen LogP contribution < -0.4 is 5.32 Å². The second kappa shape index (κ2) is 35.4. The highest BCUT2D eigenvalue weighted by Crippen LogP contribution is 2.33. The summed E-state index contributed by atoms with van der Waals surface area (Å²) in [6.07, 6.45) is 5.02. The molecule has 3 heterocycles. The van der Waals surface area contributed by atoms with Crippen LogP contribution in [-0.4, -0.2) is 193 Å². The number of aliphatic hydroxyl groups excluding tert-OH is 11. The van der Waals surface area contributed by atoms with E-state index in [4.69, 9.17) is 28.4 Å². The predicted octanol–water partition coefficient (Wildman–Crippen LogP) is 2.03. The van der Waals surface area contributed by atoms with E-state index in [2.05, 4.69) is 31.3 Å². The third kappa shape index (κ3) is 21.3. The minimum absolute atomic E-state index is 0.235. The van der Waals surface area contributed by atoms with E-state index in [0.717, 1.165) is 51.4 Å². The number of aliphatic hydroxyl groups is 11. The fourth-order valence-corrected chi connectivity index (χ4v) is 8.85. The van der Waals surface area contributed by atoms with E-state index < -0.39 is 124 Å². The zero-order valence-corrected chi connectivity index (χ0v) is 41.3. The third-order valence-corrected chi connectivity index (χ3v) is 13.3. The Morgan fingerprint density at radius 1 is 0.507 bits per heavy atom. The lowest BCUT2D eigenvalue weighted by Gasteiger charge is -2.48. The maximum Gasteiger partial charge on any atom is 0.220 e. The third-order valence-electron chi connectivity index (χ3n) is 13.3. The second-order valence-electron chi connectivity index (χ2n) is 19.0. The van der Waals surface area contributed by atoms with E-state index >= 15 is 0 Å². The molecule has 0 aromatic heterocycles. The number of rotatable bonds is 36. The highest BCUT2D eigenvalue weighted by molar-refractivity contribution is 5.76. The number of carbonyl (C=O) groups excluding carboxylic acids is 1. The van der Waals surface area contributed by atoms with E-state index in [9.17, 15) is 61.0 Å². The maximum absolute atomic E-state index is 13.1. The summed E-state index contributed by atoms with van der Waals surface area (Å²) in [6, 6.07) is -0.981. The van der Waals surface area contributed by atoms with Crippen molar-refractivity contribution in [1.29, 1.82) is 0 Å². The van der Waals surface area contributed by atoms with E-state index in [1.54, 1.807) is 6.08 Å². The molecular formula is C50H91NO18. The fraction of sp³-hybridized carbons (Fsp3) is 0.900. The van der Waals surface area contributed by atoms with Crippen molar-refractivity contribution in [2.24, 2.45) is 0 Å². The Balaban J connectivity index is 1.55. The van der Waals surface area contributed by atoms with Gasteiger partial charge < -0.3 is 89.9 Å². The minimum Gasteiger partial charge on any atom is -0.394 e. The SMILES string of the molecule is CCCCCCCCCCCCC/C=C/CC/C=C/C(O)C(COC1OC(CO)C(OC2OC(CO)C(OC3OC(CO)C(O)C(O)C3O)C(O)C2O)C(O)C1O)NC(=O)CCCCCCCCC. The van der Waals surface area contributed by atoms with E-state index in [-0.39, 0.29) is 18.9 Å². The molecule has 0 bridgehead atoms. The fourth-order valence-electron chi connectivity index (χ4n) is 8.85. The molecule has 3 saturated heterocycles. The Morgan fingerprint density at radius 2 is 0.928 bits per heavy atom. The summed E-state index contributed by atoms with van der Waals surface area (Å²) in [4.78, 5) is 13.1. The van der Waals surface area contributed by atoms with Gasteiger partial charge in [0.15, 0.2) is 18.9 Å². The van der Waals surface area contributed by atoms with Crippen LogP contribution >= 0.6 is 0 Å². The lowest BCUT2D eigenvalue weighted by molar-refractivity contribution is -0.379. The number of ether oxygens (including phenoxy) is 6. The number of hydrogen-bond donors (Lipinski definition) is 12. The lowest BCUT2D eigenvalue weighted by Crippen LogP contribution is -2.66. The van der Waals surface area contributed by atoms with Gasteiger partial charge in [0, 0.05) is 6.42 Å². The first-order valence-electron chi connectivity index (χ1n) is 26.1. The molecule has 0 aromatic rings. The van der Waals surface area contributed by atoms with Gasteiger partial charge in [-0.15, -0.1) is 0 Å². The first-order chi connectivity index (χ1) is 33.3. The highest BCUT2D eigenvalue weighted by Gasteiger charge is 2.53. The summed E-state index contributed by atoms with van der Waals surface area (Å²) < 4.78 is 34.0. The van der Waals surface area contributed by atoms with Gasteiger partial charge >= 0.3 is 0 Å². The van der Waals surface area contributed by atoms with Gasteiger partial charge in [0.05, 0.1) is 38.6 Å². The van der Waals surface area contributed by atoms with Gasteiger partial charge in [-0.2, -0.15) is 0 Å². The number of unbranched alkanes of at least 4 members (excludes halogenated alkanes) is 18. The normalized spacial score (nSPS) is 33.0. The Labute approximate surface area is 409 Å². The quantitative estimate of drug-likeness (QED) is 0.0316. The van der Waals surface area contributed by atoms with Gasteiger partial charge in [-0.05, 0) is 32.1 Å². The van der Waals surface area contributed by atoms with Gasteiger partial charge in [-0.1, -0.05) is 141 Å². The van der Waals surface area contributed by atoms with Crippen LogP contribution in [0.3, 0.4) is 0 Å². The monoisotopic (exact) mass is 994 g/mol. The minimum atomic E-state index is -1.98. The largest absolute Gasteiger partial charge is 0.394 e. The molecule has 69 heavy (non-hydrogen) atoms. The Hall–Kier alpha value is -1.73. The number of nitrogens with one attached hydrogen (secondary N) is 1. The van der Waals surface area contributed by atoms with Crippen molar-refractivity contribution in [3.63, 3.8) is 0 Å². The molecule has 3 fully saturated rings. The molecule has 0 saturated carbocycles. The van der Waals surface area contributed by atoms with Crippen LogP contribution in [0.5, 0.6) is 0 Å². The van der Waals surface area contributed by atoms with Gasteiger partial charge in [-0.25, -0.2) is 0 Å². The summed E-state index contributed by atoms with van der Waals surface area (Å²) in [5.74, 6) is -0.294. The second-order valence-corrected chi connectivity index (χ2v) is 19.0. The molecule has 0 spiro atoms. The number of allylic oxidation sites excluding steroid dienone is 3. The van der Waals surface area contributed by atoms with E-state index in [0.29, 0.717) is 12.8 Å². The number of carbonyl (C=O) groups is 1. The molecule has 1 amide bonds. The number of amides is 1. The van der Waals surface area contributed by atoms with Gasteiger partial charge in [0.2, 0.25) is 5.91 Å². The van der Waals surface area contributed by atoms with Crippen molar-refractivity contribution in [2.75, 3.05) is 26.4 Å². The zero-order chi connectivity index (χ0) is 50.6. The van der Waals surface area contributed by atoms with Crippen LogP contribution in [0.1, 0.15) is 155 Å². The van der Waals surface area contributed by atoms with Crippen molar-refractivity contribution in [3.8, 4) is 0 Å². The highest BCUT2D eigenvalue weighted by atomic mass is 16.8. The molecule has 17 unspecified atom stereocenters. The average molecular weight is 994 g/mol. The molecular weight excluding hydrogens is 903 g/mol. The Bertz CT molecular complexity index is 1380. The molecule has 17 atom stereocenters. The van der Waals surface area contributed by atoms with Crippen molar-refractivity contribution >= 4 is 5.91 Å². The molecule has 3 aliphatic heterocycles. The van der Waals surface area contributed by atoms with Crippen molar-refractivity contribution < 1.29 is 89.4 Å². The average Bonchev–Trinajstić information content (AvgIpc) is 3.34. The van der Waals surface area contributed by atoms with Crippen LogP contribution in [0, 0.1) is 0 Å². The molecule has 12 N–H and O–H groups in total. The van der Waals surface area contributed by atoms with Crippen LogP contribution in [0.2, 0.25) is 0 Å². The molecule has 0 aromatic carbocycles. The van der Waals surface area contributed by atoms with Crippen molar-refractivity contribution in [1.82, 2.24) is 5.32 Å². The molecule has 404 valence electrons. The van der Waals surface area contributed by atoms with Crippen LogP contribution in [0.25, 0.3) is 0 Å². The summed E-state index contributed by atoms with van der Waals surface area (Å²) in [5.41, 5.74) is 0. The standard InChI is InChI=1S/C50H91NO18/c1-3-5-7-9-11-12-13-14-15-16-17-18-19-20-22-23-25-27-34(55)33(51-38(56)28-26-24-21-10-8-6-4-2)32-64-48-44(62)41(59)46(36(30-53)66-48)69-50-45(63)42(60)47(37(31-54)67-50)68-49-43(61)40(58)39(57)35(29-52)65-49/h19-20,25,27,33-37,39-50,52-55,57-63H,3-18,21-24,26,28-32H2,1-2H3,(H,51,56)/b20-19+,27-25+. The summed E-state index contributed by atoms with van der Waals surface area (Å²) in [7, 11) is 0. The molecule has 0 aliphatic carbocycles. The first-order valence-corrected chi connectivity index (χ1v) is 26.1. The maximum atomic E-state index is 13.1. The molecule has 3 rings (SSSR count). The smallest absolute Gasteiger partial charge is 0.220 e. The zero-order valence-electron chi connectivity index (χ0n) is 41.3. The van der Waals surface area contributed by atoms with Crippen LogP contribution in [0.15, 0.2) is 24.3 Å². The first kappa shape index (κ1) is 61.6. The van der Waals surface area contributed by atoms with Gasteiger partial charge in [-0.3, -0.25) is 4.79 Å². The van der Waals surface area contributed by atoms with Crippen LogP contribution in [-0.2, 0) is 33.2 Å². The Kier molecular flexibility index (Phi) is 31.6. The summed E-state index contributed by atoms with van der Waals surface area (Å²) in [5, 5.41) is 119. The Morgan fingerprint density at radius 3 is 1.45 bits per heavy atom. The summed E-state index contributed by atoms with van der Waals surface area (Å²) in [6.45, 7) is 1.61. The van der Waals surface area contributed by atoms with Gasteiger partial charge in [0.25, 0.3) is 0 Å². The summed E-state index contributed by atoms with van der Waals surface area (Å²) >= 11 is 0. The molecule has 19 nitrogen and oxygen atoms in total. The van der Waals surface area contributed by atoms with E-state index in [1.165, 1.54) is 70.6 Å². The molecule has 3 aliphatic rings. The van der Waals surface area contributed by atoms with E-state index in [1.807, 2.05) is 6.08 Å². The lowest BCUT2D eigenvalue weighted by atomic mass is 9.96. The number of hydrogen-bond acceptors (Lipinski definition) is 18. The molecule has 19 heteroatoms. The predicted molar refractivity (Wildman–Crippen MR) is 254 cm³/mol. The van der Waals surface area contributed by atoms with Gasteiger partial charge in [0.1, 0.15) is 73.2 Å². The van der Waals surface area contributed by atoms with Crippen LogP contribution in [0.4, 0.5) is 0 Å². The topological polar surface area (TPSA) is 307 Å². The van der Waals surface area contributed by atoms with Crippen molar-refractivity contribution in [2.45, 2.75) is 259 Å². The molecule has 0 radical (unpaired) electrons. The van der Waals surface area contributed by atoms with Crippen molar-refractivity contribution in [3.05, 3.63) is 24.3 Å².